The summed E-state index contributed by atoms with van der Waals surface area (Å²) in [5, 5.41) is 12.8. The molecule has 0 saturated heterocycles. The molecular formula is C17H13FN2O2. The Morgan fingerprint density at radius 1 is 1.18 bits per heavy atom. The predicted molar refractivity (Wildman–Crippen MR) is 83.1 cm³/mol. The summed E-state index contributed by atoms with van der Waals surface area (Å²) >= 11 is 0. The van der Waals surface area contributed by atoms with E-state index in [0.29, 0.717) is 16.6 Å². The van der Waals surface area contributed by atoms with E-state index in [4.69, 9.17) is 5.11 Å². The van der Waals surface area contributed by atoms with Crippen molar-refractivity contribution in [1.29, 1.82) is 0 Å². The van der Waals surface area contributed by atoms with Crippen molar-refractivity contribution in [2.75, 3.05) is 5.32 Å². The molecule has 0 radical (unpaired) electrons. The first kappa shape index (κ1) is 14.0. The van der Waals surface area contributed by atoms with Crippen LogP contribution in [0, 0.1) is 12.7 Å². The Balaban J connectivity index is 2.03. The minimum Gasteiger partial charge on any atom is -0.478 e. The van der Waals surface area contributed by atoms with Gasteiger partial charge in [-0.25, -0.2) is 14.2 Å². The fourth-order valence-corrected chi connectivity index (χ4v) is 2.30. The van der Waals surface area contributed by atoms with Gasteiger partial charge in [-0.2, -0.15) is 0 Å². The molecule has 2 N–H and O–H groups in total. The molecular weight excluding hydrogens is 283 g/mol. The molecule has 0 aliphatic rings. The zero-order valence-electron chi connectivity index (χ0n) is 11.8. The third kappa shape index (κ3) is 2.61. The number of aromatic nitrogens is 1. The highest BCUT2D eigenvalue weighted by molar-refractivity contribution is 5.94. The molecule has 5 heteroatoms. The molecule has 0 fully saturated rings. The maximum absolute atomic E-state index is 13.9. The number of rotatable bonds is 3. The number of carboxylic acids is 1. The molecule has 0 unspecified atom stereocenters. The van der Waals surface area contributed by atoms with Crippen LogP contribution in [0.15, 0.2) is 48.5 Å². The number of nitrogens with zero attached hydrogens (tertiary/aromatic N) is 1. The summed E-state index contributed by atoms with van der Waals surface area (Å²) in [6, 6.07) is 13.0. The quantitative estimate of drug-likeness (QED) is 0.763. The lowest BCUT2D eigenvalue weighted by atomic mass is 10.1. The third-order valence-corrected chi connectivity index (χ3v) is 3.33. The van der Waals surface area contributed by atoms with Gasteiger partial charge in [0.05, 0.1) is 5.56 Å². The molecule has 22 heavy (non-hydrogen) atoms. The van der Waals surface area contributed by atoms with Gasteiger partial charge in [0, 0.05) is 22.5 Å². The van der Waals surface area contributed by atoms with Gasteiger partial charge in [0.2, 0.25) is 0 Å². The van der Waals surface area contributed by atoms with E-state index in [0.717, 1.165) is 11.4 Å². The second-order valence-corrected chi connectivity index (χ2v) is 4.95. The summed E-state index contributed by atoms with van der Waals surface area (Å²) in [4.78, 5) is 15.1. The van der Waals surface area contributed by atoms with Crippen LogP contribution in [0.5, 0.6) is 0 Å². The van der Waals surface area contributed by atoms with E-state index < -0.39 is 5.97 Å². The van der Waals surface area contributed by atoms with Crippen molar-refractivity contribution < 1.29 is 14.3 Å². The molecule has 0 atom stereocenters. The fraction of sp³-hybridized carbons (Fsp3) is 0.0588. The number of fused-ring (bicyclic) bond motifs is 1. The van der Waals surface area contributed by atoms with Gasteiger partial charge in [-0.05, 0) is 43.3 Å². The standard InChI is InChI=1S/C17H13FN2O2/c1-10-9-15(13-3-2-4-14(18)16(13)19-10)20-12-7-5-11(6-8-12)17(21)22/h2-9H,1H3,(H,19,20)(H,21,22). The number of nitrogens with one attached hydrogen (secondary N) is 1. The summed E-state index contributed by atoms with van der Waals surface area (Å²) < 4.78 is 13.9. The second kappa shape index (κ2) is 5.44. The SMILES string of the molecule is Cc1cc(Nc2ccc(C(=O)O)cc2)c2cccc(F)c2n1. The first-order valence-electron chi connectivity index (χ1n) is 6.71. The molecule has 4 nitrogen and oxygen atoms in total. The Bertz CT molecular complexity index is 860. The van der Waals surface area contributed by atoms with Crippen LogP contribution in [0.4, 0.5) is 15.8 Å². The van der Waals surface area contributed by atoms with Crippen LogP contribution in [0.1, 0.15) is 16.1 Å². The number of aryl methyl sites for hydroxylation is 1. The van der Waals surface area contributed by atoms with Crippen molar-refractivity contribution in [3.8, 4) is 0 Å². The first-order valence-corrected chi connectivity index (χ1v) is 6.71. The lowest BCUT2D eigenvalue weighted by Gasteiger charge is -2.11. The monoisotopic (exact) mass is 296 g/mol. The molecule has 110 valence electrons. The minimum absolute atomic E-state index is 0.215. The molecule has 0 amide bonds. The van der Waals surface area contributed by atoms with E-state index in [1.165, 1.54) is 18.2 Å². The Morgan fingerprint density at radius 3 is 2.59 bits per heavy atom. The zero-order chi connectivity index (χ0) is 15.7. The first-order chi connectivity index (χ1) is 10.5. The molecule has 2 aromatic carbocycles. The van der Waals surface area contributed by atoms with E-state index >= 15 is 0 Å². The molecule has 0 saturated carbocycles. The van der Waals surface area contributed by atoms with Gasteiger partial charge < -0.3 is 10.4 Å². The topological polar surface area (TPSA) is 62.2 Å². The van der Waals surface area contributed by atoms with Gasteiger partial charge >= 0.3 is 5.97 Å². The third-order valence-electron chi connectivity index (χ3n) is 3.33. The maximum Gasteiger partial charge on any atom is 0.335 e. The van der Waals surface area contributed by atoms with E-state index in [1.54, 1.807) is 31.2 Å². The molecule has 3 aromatic rings. The number of anilines is 2. The van der Waals surface area contributed by atoms with Crippen LogP contribution in [-0.4, -0.2) is 16.1 Å². The highest BCUT2D eigenvalue weighted by atomic mass is 19.1. The number of pyridine rings is 1. The summed E-state index contributed by atoms with van der Waals surface area (Å²) in [6.07, 6.45) is 0. The Morgan fingerprint density at radius 2 is 1.91 bits per heavy atom. The normalized spacial score (nSPS) is 10.6. The van der Waals surface area contributed by atoms with E-state index in [9.17, 15) is 9.18 Å². The van der Waals surface area contributed by atoms with E-state index in [1.807, 2.05) is 6.07 Å². The van der Waals surface area contributed by atoms with Crippen molar-refractivity contribution >= 4 is 28.2 Å². The molecule has 1 heterocycles. The zero-order valence-corrected chi connectivity index (χ0v) is 11.8. The predicted octanol–water partition coefficient (Wildman–Crippen LogP) is 4.12. The molecule has 1 aromatic heterocycles. The number of hydrogen-bond donors (Lipinski definition) is 2. The van der Waals surface area contributed by atoms with Crippen molar-refractivity contribution in [1.82, 2.24) is 4.98 Å². The Labute approximate surface area is 126 Å². The van der Waals surface area contributed by atoms with E-state index in [-0.39, 0.29) is 11.4 Å². The van der Waals surface area contributed by atoms with Crippen LogP contribution in [0.3, 0.4) is 0 Å². The lowest BCUT2D eigenvalue weighted by molar-refractivity contribution is 0.0697. The Kier molecular flexibility index (Phi) is 3.47. The lowest BCUT2D eigenvalue weighted by Crippen LogP contribution is -1.98. The van der Waals surface area contributed by atoms with Crippen LogP contribution in [0.2, 0.25) is 0 Å². The fourth-order valence-electron chi connectivity index (χ4n) is 2.30. The number of aromatic carboxylic acids is 1. The molecule has 0 aliphatic carbocycles. The average Bonchev–Trinajstić information content (AvgIpc) is 2.49. The number of benzene rings is 2. The Hall–Kier alpha value is -2.95. The summed E-state index contributed by atoms with van der Waals surface area (Å²) in [5.41, 5.74) is 2.67. The molecule has 3 rings (SSSR count). The van der Waals surface area contributed by atoms with Gasteiger partial charge in [-0.15, -0.1) is 0 Å². The smallest absolute Gasteiger partial charge is 0.335 e. The minimum atomic E-state index is -0.973. The largest absolute Gasteiger partial charge is 0.478 e. The van der Waals surface area contributed by atoms with Crippen LogP contribution in [-0.2, 0) is 0 Å². The number of para-hydroxylation sites is 1. The number of hydrogen-bond acceptors (Lipinski definition) is 3. The van der Waals surface area contributed by atoms with Crippen LogP contribution in [0.25, 0.3) is 10.9 Å². The van der Waals surface area contributed by atoms with Gasteiger partial charge in [0.1, 0.15) is 11.3 Å². The van der Waals surface area contributed by atoms with Crippen LogP contribution >= 0.6 is 0 Å². The van der Waals surface area contributed by atoms with Crippen molar-refractivity contribution in [3.63, 3.8) is 0 Å². The molecule has 0 aliphatic heterocycles. The van der Waals surface area contributed by atoms with Gasteiger partial charge in [0.15, 0.2) is 0 Å². The number of carboxylic acid groups (broad SMARTS) is 1. The van der Waals surface area contributed by atoms with Crippen molar-refractivity contribution in [3.05, 3.63) is 65.6 Å². The highest BCUT2D eigenvalue weighted by Crippen LogP contribution is 2.28. The summed E-state index contributed by atoms with van der Waals surface area (Å²) in [5.74, 6) is -1.34. The summed E-state index contributed by atoms with van der Waals surface area (Å²) in [6.45, 7) is 1.80. The van der Waals surface area contributed by atoms with Crippen LogP contribution < -0.4 is 5.32 Å². The van der Waals surface area contributed by atoms with E-state index in [2.05, 4.69) is 10.3 Å². The van der Waals surface area contributed by atoms with Crippen molar-refractivity contribution in [2.45, 2.75) is 6.92 Å². The average molecular weight is 296 g/mol. The van der Waals surface area contributed by atoms with Gasteiger partial charge in [-0.3, -0.25) is 0 Å². The molecule has 0 spiro atoms. The highest BCUT2D eigenvalue weighted by Gasteiger charge is 2.08. The molecule has 0 bridgehead atoms. The van der Waals surface area contributed by atoms with Gasteiger partial charge in [0.25, 0.3) is 0 Å². The number of halogens is 1. The second-order valence-electron chi connectivity index (χ2n) is 4.95. The number of carbonyl (C=O) groups is 1. The van der Waals surface area contributed by atoms with Gasteiger partial charge in [-0.1, -0.05) is 12.1 Å². The van der Waals surface area contributed by atoms with Crippen molar-refractivity contribution in [2.24, 2.45) is 0 Å². The summed E-state index contributed by atoms with van der Waals surface area (Å²) in [7, 11) is 0. The maximum atomic E-state index is 13.9.